The smallest absolute Gasteiger partial charge is 0.250 e. The van der Waals surface area contributed by atoms with Crippen molar-refractivity contribution in [2.24, 2.45) is 0 Å². The first-order valence-corrected chi connectivity index (χ1v) is 5.81. The van der Waals surface area contributed by atoms with Crippen LogP contribution in [-0.4, -0.2) is 19.7 Å². The quantitative estimate of drug-likeness (QED) is 0.803. The number of aryl methyl sites for hydroxylation is 1. The lowest BCUT2D eigenvalue weighted by atomic mass is 10.3. The number of hydrogen-bond donors (Lipinski definition) is 0. The summed E-state index contributed by atoms with van der Waals surface area (Å²) in [6.45, 7) is 0.507. The number of benzene rings is 1. The van der Waals surface area contributed by atoms with E-state index < -0.39 is 0 Å². The average molecular weight is 286 g/mol. The lowest BCUT2D eigenvalue weighted by Crippen LogP contribution is -2.24. The molecule has 16 heavy (non-hydrogen) atoms. The molecule has 0 atom stereocenters. The van der Waals surface area contributed by atoms with Crippen molar-refractivity contribution < 1.29 is 4.39 Å². The third-order valence-corrected chi connectivity index (χ3v) is 2.49. The summed E-state index contributed by atoms with van der Waals surface area (Å²) in [4.78, 5) is 11.8. The Morgan fingerprint density at radius 3 is 2.62 bits per heavy atom. The first-order valence-electron chi connectivity index (χ1n) is 4.69. The Balaban J connectivity index is 2.41. The van der Waals surface area contributed by atoms with E-state index in [0.29, 0.717) is 17.6 Å². The second-order valence-corrected chi connectivity index (χ2v) is 3.97. The van der Waals surface area contributed by atoms with E-state index in [1.165, 1.54) is 39.8 Å². The maximum atomic E-state index is 12.7. The van der Waals surface area contributed by atoms with Crippen LogP contribution in [-0.2, 0) is 6.54 Å². The number of halogens is 2. The van der Waals surface area contributed by atoms with Crippen molar-refractivity contribution in [2.45, 2.75) is 6.54 Å². The molecule has 0 aliphatic rings. The van der Waals surface area contributed by atoms with Gasteiger partial charge < -0.3 is 0 Å². The van der Waals surface area contributed by atoms with Gasteiger partial charge in [-0.25, -0.2) is 18.4 Å². The lowest BCUT2D eigenvalue weighted by molar-refractivity contribution is 0.626. The van der Waals surface area contributed by atoms with Crippen LogP contribution in [0.2, 0.25) is 0 Å². The summed E-state index contributed by atoms with van der Waals surface area (Å²) in [6.07, 6.45) is 1.43. The molecule has 0 aliphatic carbocycles. The normalized spacial score (nSPS) is 10.6. The van der Waals surface area contributed by atoms with Gasteiger partial charge in [-0.3, -0.25) is 0 Å². The predicted molar refractivity (Wildman–Crippen MR) is 61.6 cm³/mol. The minimum absolute atomic E-state index is 0.231. The highest BCUT2D eigenvalue weighted by atomic mass is 79.9. The predicted octanol–water partition coefficient (Wildman–Crippen LogP) is 1.57. The van der Waals surface area contributed by atoms with Crippen LogP contribution in [0, 0.1) is 5.82 Å². The molecule has 6 heteroatoms. The standard InChI is InChI=1S/C10H9BrFN3O/c11-5-6-15-10(16)14(7-13-15)9-3-1-8(12)2-4-9/h1-4,7H,5-6H2. The maximum absolute atomic E-state index is 12.7. The van der Waals surface area contributed by atoms with Crippen molar-refractivity contribution >= 4 is 15.9 Å². The Bertz CT molecular complexity index is 532. The highest BCUT2D eigenvalue weighted by Gasteiger charge is 2.05. The summed E-state index contributed by atoms with van der Waals surface area (Å²) in [6, 6.07) is 5.70. The number of alkyl halides is 1. The molecule has 0 N–H and O–H groups in total. The topological polar surface area (TPSA) is 39.8 Å². The molecule has 0 radical (unpaired) electrons. The molecule has 2 aromatic rings. The summed E-state index contributed by atoms with van der Waals surface area (Å²) in [5.41, 5.74) is 0.373. The van der Waals surface area contributed by atoms with Crippen LogP contribution >= 0.6 is 15.9 Å². The molecule has 0 fully saturated rings. The van der Waals surface area contributed by atoms with E-state index in [1.54, 1.807) is 0 Å². The first-order chi connectivity index (χ1) is 7.72. The van der Waals surface area contributed by atoms with E-state index in [1.807, 2.05) is 0 Å². The molecular weight excluding hydrogens is 277 g/mol. The van der Waals surface area contributed by atoms with Crippen molar-refractivity contribution in [1.29, 1.82) is 0 Å². The number of rotatable bonds is 3. The van der Waals surface area contributed by atoms with Crippen LogP contribution in [0.1, 0.15) is 0 Å². The van der Waals surface area contributed by atoms with Gasteiger partial charge in [0, 0.05) is 5.33 Å². The third kappa shape index (κ3) is 2.06. The van der Waals surface area contributed by atoms with Gasteiger partial charge in [0.05, 0.1) is 12.2 Å². The van der Waals surface area contributed by atoms with E-state index in [4.69, 9.17) is 0 Å². The SMILES string of the molecule is O=c1n(-c2ccc(F)cc2)cnn1CCBr. The fourth-order valence-corrected chi connectivity index (χ4v) is 1.69. The van der Waals surface area contributed by atoms with Crippen LogP contribution in [0.3, 0.4) is 0 Å². The van der Waals surface area contributed by atoms with Gasteiger partial charge in [0.25, 0.3) is 0 Å². The van der Waals surface area contributed by atoms with Crippen LogP contribution in [0.15, 0.2) is 35.4 Å². The zero-order valence-corrected chi connectivity index (χ0v) is 9.89. The molecule has 0 amide bonds. The second-order valence-electron chi connectivity index (χ2n) is 3.17. The van der Waals surface area contributed by atoms with Gasteiger partial charge in [-0.2, -0.15) is 5.10 Å². The zero-order valence-electron chi connectivity index (χ0n) is 8.31. The largest absolute Gasteiger partial charge is 0.350 e. The van der Waals surface area contributed by atoms with E-state index in [-0.39, 0.29) is 11.5 Å². The second kappa shape index (κ2) is 4.61. The molecule has 2 rings (SSSR count). The Morgan fingerprint density at radius 1 is 1.31 bits per heavy atom. The number of nitrogens with zero attached hydrogens (tertiary/aromatic N) is 3. The molecule has 0 aliphatic heterocycles. The number of aromatic nitrogens is 3. The van der Waals surface area contributed by atoms with E-state index in [9.17, 15) is 9.18 Å². The van der Waals surface area contributed by atoms with E-state index in [2.05, 4.69) is 21.0 Å². The fourth-order valence-electron chi connectivity index (χ4n) is 1.35. The average Bonchev–Trinajstić information content (AvgIpc) is 2.63. The van der Waals surface area contributed by atoms with Gasteiger partial charge >= 0.3 is 5.69 Å². The van der Waals surface area contributed by atoms with Crippen LogP contribution in [0.5, 0.6) is 0 Å². The van der Waals surface area contributed by atoms with Crippen LogP contribution in [0.25, 0.3) is 5.69 Å². The molecule has 84 valence electrons. The van der Waals surface area contributed by atoms with Gasteiger partial charge in [-0.05, 0) is 24.3 Å². The lowest BCUT2D eigenvalue weighted by Gasteiger charge is -1.99. The molecule has 0 unspecified atom stereocenters. The highest BCUT2D eigenvalue weighted by Crippen LogP contribution is 2.05. The molecule has 1 aromatic heterocycles. The van der Waals surface area contributed by atoms with Crippen molar-refractivity contribution in [1.82, 2.24) is 14.3 Å². The zero-order chi connectivity index (χ0) is 11.5. The monoisotopic (exact) mass is 285 g/mol. The molecule has 4 nitrogen and oxygen atoms in total. The number of hydrogen-bond acceptors (Lipinski definition) is 2. The Kier molecular flexibility index (Phi) is 3.19. The molecular formula is C10H9BrFN3O. The Hall–Kier alpha value is -1.43. The van der Waals surface area contributed by atoms with Crippen LogP contribution < -0.4 is 5.69 Å². The highest BCUT2D eigenvalue weighted by molar-refractivity contribution is 9.09. The molecule has 0 saturated heterocycles. The fraction of sp³-hybridized carbons (Fsp3) is 0.200. The Morgan fingerprint density at radius 2 is 2.00 bits per heavy atom. The van der Waals surface area contributed by atoms with Crippen molar-refractivity contribution in [3.8, 4) is 5.69 Å². The van der Waals surface area contributed by atoms with Crippen LogP contribution in [0.4, 0.5) is 4.39 Å². The minimum Gasteiger partial charge on any atom is -0.250 e. The van der Waals surface area contributed by atoms with Crippen molar-refractivity contribution in [2.75, 3.05) is 5.33 Å². The van der Waals surface area contributed by atoms with Crippen molar-refractivity contribution in [3.63, 3.8) is 0 Å². The molecule has 0 saturated carbocycles. The molecule has 1 heterocycles. The summed E-state index contributed by atoms with van der Waals surface area (Å²) in [5, 5.41) is 4.61. The van der Waals surface area contributed by atoms with Crippen molar-refractivity contribution in [3.05, 3.63) is 46.9 Å². The minimum atomic E-state index is -0.329. The van der Waals surface area contributed by atoms with Gasteiger partial charge in [0.1, 0.15) is 12.1 Å². The third-order valence-electron chi connectivity index (χ3n) is 2.13. The summed E-state index contributed by atoms with van der Waals surface area (Å²) >= 11 is 3.24. The molecule has 1 aromatic carbocycles. The maximum Gasteiger partial charge on any atom is 0.350 e. The van der Waals surface area contributed by atoms with Gasteiger partial charge in [-0.15, -0.1) is 0 Å². The van der Waals surface area contributed by atoms with Gasteiger partial charge in [-0.1, -0.05) is 15.9 Å². The molecule has 0 spiro atoms. The summed E-state index contributed by atoms with van der Waals surface area (Å²) in [7, 11) is 0. The summed E-state index contributed by atoms with van der Waals surface area (Å²) < 4.78 is 15.4. The summed E-state index contributed by atoms with van der Waals surface area (Å²) in [5.74, 6) is -0.329. The van der Waals surface area contributed by atoms with E-state index in [0.717, 1.165) is 0 Å². The van der Waals surface area contributed by atoms with E-state index >= 15 is 0 Å². The first kappa shape index (κ1) is 11.1. The van der Waals surface area contributed by atoms with Gasteiger partial charge in [0.15, 0.2) is 0 Å². The molecule has 0 bridgehead atoms. The van der Waals surface area contributed by atoms with Gasteiger partial charge in [0.2, 0.25) is 0 Å². The Labute approximate surface area is 99.4 Å².